The van der Waals surface area contributed by atoms with Gasteiger partial charge < -0.3 is 59.5 Å². The molecule has 0 amide bonds. The van der Waals surface area contributed by atoms with Crippen molar-refractivity contribution in [2.45, 2.75) is 39.5 Å². The number of hydrogen-bond donors (Lipinski definition) is 0. The van der Waals surface area contributed by atoms with Gasteiger partial charge in [-0.25, -0.2) is 0 Å². The first kappa shape index (κ1) is 21.9. The summed E-state index contributed by atoms with van der Waals surface area (Å²) in [6.07, 6.45) is 4.99. The van der Waals surface area contributed by atoms with Gasteiger partial charge in [-0.05, 0) is 37.5 Å². The Morgan fingerprint density at radius 2 is 1.00 bits per heavy atom. The minimum absolute atomic E-state index is 0. The van der Waals surface area contributed by atoms with Gasteiger partial charge in [0.05, 0.1) is 0 Å². The predicted octanol–water partition coefficient (Wildman–Crippen LogP) is 3.10. The van der Waals surface area contributed by atoms with Crippen LogP contribution in [0.3, 0.4) is 0 Å². The maximum absolute atomic E-state index is 4.89. The molecule has 0 aromatic carbocycles. The average Bonchev–Trinajstić information content (AvgIpc) is 2.40. The zero-order valence-corrected chi connectivity index (χ0v) is 17.5. The van der Waals surface area contributed by atoms with Gasteiger partial charge in [-0.15, -0.1) is 0 Å². The molecule has 0 bridgehead atoms. The van der Waals surface area contributed by atoms with Crippen LogP contribution in [0, 0.1) is 11.8 Å². The third-order valence-electron chi connectivity index (χ3n) is 4.08. The summed E-state index contributed by atoms with van der Waals surface area (Å²) in [5, 5.41) is 0. The molecule has 21 heavy (non-hydrogen) atoms. The second-order valence-corrected chi connectivity index (χ2v) is 7.93. The van der Waals surface area contributed by atoms with Crippen LogP contribution in [0.4, 0.5) is 0 Å². The molecule has 0 atom stereocenters. The Morgan fingerprint density at radius 3 is 1.19 bits per heavy atom. The third-order valence-corrected chi connectivity index (χ3v) is 5.12. The van der Waals surface area contributed by atoms with Gasteiger partial charge in [0.2, 0.25) is 0 Å². The van der Waals surface area contributed by atoms with E-state index in [-0.39, 0.29) is 20.4 Å². The molecule has 0 N–H and O–H groups in total. The molecular formula is C14H24N2PdS4. The quantitative estimate of drug-likeness (QED) is 0.313. The van der Waals surface area contributed by atoms with E-state index in [0.29, 0.717) is 8.64 Å². The van der Waals surface area contributed by atoms with Crippen molar-refractivity contribution in [3.8, 4) is 0 Å². The Bertz CT molecular complexity index is 293. The normalized spacial score (nSPS) is 20.1. The van der Waals surface area contributed by atoms with Gasteiger partial charge in [-0.3, -0.25) is 0 Å². The molecule has 2 aliphatic rings. The molecule has 0 aromatic heterocycles. The Morgan fingerprint density at radius 1 is 0.762 bits per heavy atom. The Balaban J connectivity index is 0.000000364. The number of nitrogens with zero attached hydrogens (tertiary/aromatic N) is 2. The fourth-order valence-electron chi connectivity index (χ4n) is 2.38. The zero-order chi connectivity index (χ0) is 15.1. The van der Waals surface area contributed by atoms with Crippen LogP contribution >= 0.6 is 24.4 Å². The SMILES string of the molecule is CC1CCN(C(=S)[S-])CC1.CC1CCN(C(=S)[S-])CC1.[Pd+2]. The van der Waals surface area contributed by atoms with Crippen molar-refractivity contribution in [3.63, 3.8) is 0 Å². The van der Waals surface area contributed by atoms with E-state index in [1.165, 1.54) is 25.7 Å². The largest absolute Gasteiger partial charge is 2.00 e. The number of thiocarbonyl (C=S) groups is 2. The molecule has 2 rings (SSSR count). The monoisotopic (exact) mass is 454 g/mol. The molecule has 2 heterocycles. The molecule has 7 heteroatoms. The van der Waals surface area contributed by atoms with E-state index < -0.39 is 0 Å². The second kappa shape index (κ2) is 11.4. The predicted molar refractivity (Wildman–Crippen MR) is 99.9 cm³/mol. The summed E-state index contributed by atoms with van der Waals surface area (Å²) in [6.45, 7) is 8.85. The summed E-state index contributed by atoms with van der Waals surface area (Å²) in [5.74, 6) is 1.72. The van der Waals surface area contributed by atoms with Crippen LogP contribution in [0.25, 0.3) is 0 Å². The number of hydrogen-bond acceptors (Lipinski definition) is 4. The number of rotatable bonds is 0. The van der Waals surface area contributed by atoms with Crippen LogP contribution < -0.4 is 0 Å². The van der Waals surface area contributed by atoms with Crippen molar-refractivity contribution in [2.24, 2.45) is 11.8 Å². The van der Waals surface area contributed by atoms with Crippen LogP contribution in [0.15, 0.2) is 0 Å². The Kier molecular flexibility index (Phi) is 11.9. The van der Waals surface area contributed by atoms with Gasteiger partial charge in [-0.1, -0.05) is 22.5 Å². The van der Waals surface area contributed by atoms with Crippen LogP contribution in [0.1, 0.15) is 39.5 Å². The zero-order valence-electron chi connectivity index (χ0n) is 12.7. The molecule has 2 fully saturated rings. The molecule has 0 aromatic rings. The van der Waals surface area contributed by atoms with Gasteiger partial charge in [0.25, 0.3) is 0 Å². The molecule has 0 unspecified atom stereocenters. The molecule has 0 radical (unpaired) electrons. The summed E-state index contributed by atoms with van der Waals surface area (Å²) in [7, 11) is 0. The fourth-order valence-corrected chi connectivity index (χ4v) is 3.11. The van der Waals surface area contributed by atoms with E-state index in [4.69, 9.17) is 49.7 Å². The summed E-state index contributed by atoms with van der Waals surface area (Å²) in [5.41, 5.74) is 0. The van der Waals surface area contributed by atoms with E-state index in [2.05, 4.69) is 23.6 Å². The van der Waals surface area contributed by atoms with Crippen molar-refractivity contribution in [1.82, 2.24) is 9.80 Å². The molecule has 0 saturated carbocycles. The second-order valence-electron chi connectivity index (χ2n) is 5.87. The topological polar surface area (TPSA) is 6.48 Å². The molecular weight excluding hydrogens is 431 g/mol. The van der Waals surface area contributed by atoms with E-state index in [9.17, 15) is 0 Å². The van der Waals surface area contributed by atoms with E-state index in [0.717, 1.165) is 38.0 Å². The van der Waals surface area contributed by atoms with Crippen LogP contribution in [-0.2, 0) is 45.7 Å². The smallest absolute Gasteiger partial charge is 0.411 e. The number of piperidine rings is 2. The van der Waals surface area contributed by atoms with Crippen LogP contribution in [-0.4, -0.2) is 44.6 Å². The van der Waals surface area contributed by atoms with Crippen LogP contribution in [0.5, 0.6) is 0 Å². The van der Waals surface area contributed by atoms with Crippen molar-refractivity contribution in [3.05, 3.63) is 0 Å². The Labute approximate surface area is 165 Å². The van der Waals surface area contributed by atoms with Gasteiger partial charge in [0.15, 0.2) is 0 Å². The van der Waals surface area contributed by atoms with Gasteiger partial charge in [0.1, 0.15) is 0 Å². The molecule has 2 aliphatic heterocycles. The Hall–Kier alpha value is 0.882. The third kappa shape index (κ3) is 8.93. The van der Waals surface area contributed by atoms with E-state index in [1.807, 2.05) is 0 Å². The maximum Gasteiger partial charge on any atom is 2.00 e. The molecule has 2 nitrogen and oxygen atoms in total. The summed E-state index contributed by atoms with van der Waals surface area (Å²) in [6, 6.07) is 0. The first-order chi connectivity index (χ1) is 9.40. The fraction of sp³-hybridized carbons (Fsp3) is 0.857. The molecule has 2 saturated heterocycles. The molecule has 0 aliphatic carbocycles. The van der Waals surface area contributed by atoms with E-state index >= 15 is 0 Å². The van der Waals surface area contributed by atoms with Crippen molar-refractivity contribution in [1.29, 1.82) is 0 Å². The van der Waals surface area contributed by atoms with Gasteiger partial charge >= 0.3 is 20.4 Å². The van der Waals surface area contributed by atoms with Gasteiger partial charge in [-0.2, -0.15) is 0 Å². The van der Waals surface area contributed by atoms with Crippen molar-refractivity contribution in [2.75, 3.05) is 26.2 Å². The van der Waals surface area contributed by atoms with Crippen molar-refractivity contribution >= 4 is 58.3 Å². The number of likely N-dealkylation sites (tertiary alicyclic amines) is 2. The van der Waals surface area contributed by atoms with Crippen LogP contribution in [0.2, 0.25) is 0 Å². The minimum atomic E-state index is 0. The standard InChI is InChI=1S/2C7H13NS2.Pd/c2*1-6-2-4-8(5-3-6)7(9)10;/h2*6H,2-5H2,1H3,(H,9,10);/q;;+2/p-2. The summed E-state index contributed by atoms with van der Waals surface area (Å²) >= 11 is 19.6. The summed E-state index contributed by atoms with van der Waals surface area (Å²) < 4.78 is 1.29. The maximum atomic E-state index is 4.89. The minimum Gasteiger partial charge on any atom is -0.411 e. The first-order valence-corrected chi connectivity index (χ1v) is 8.95. The van der Waals surface area contributed by atoms with E-state index in [1.54, 1.807) is 0 Å². The van der Waals surface area contributed by atoms with Crippen molar-refractivity contribution < 1.29 is 20.4 Å². The average molecular weight is 455 g/mol. The molecule has 0 spiro atoms. The first-order valence-electron chi connectivity index (χ1n) is 7.32. The van der Waals surface area contributed by atoms with Gasteiger partial charge in [0, 0.05) is 26.2 Å². The summed E-state index contributed by atoms with van der Waals surface area (Å²) in [4.78, 5) is 4.23. The molecule has 124 valence electrons.